The maximum absolute atomic E-state index is 12.3. The summed E-state index contributed by atoms with van der Waals surface area (Å²) < 4.78 is 0. The van der Waals surface area contributed by atoms with Crippen molar-refractivity contribution in [2.45, 2.75) is 38.1 Å². The van der Waals surface area contributed by atoms with Gasteiger partial charge in [-0.3, -0.25) is 14.4 Å². The zero-order valence-electron chi connectivity index (χ0n) is 13.5. The van der Waals surface area contributed by atoms with E-state index in [1.54, 1.807) is 24.3 Å². The number of carbonyl (C=O) groups is 3. The molecule has 2 aliphatic rings. The lowest BCUT2D eigenvalue weighted by molar-refractivity contribution is -0.122. The number of amides is 3. The first-order valence-electron chi connectivity index (χ1n) is 8.24. The van der Waals surface area contributed by atoms with Gasteiger partial charge in [0, 0.05) is 35.5 Å². The van der Waals surface area contributed by atoms with E-state index < -0.39 is 0 Å². The van der Waals surface area contributed by atoms with E-state index in [0.717, 1.165) is 6.42 Å². The molecule has 1 aliphatic heterocycles. The Kier molecular flexibility index (Phi) is 5.33. The molecule has 8 heteroatoms. The third-order valence-electron chi connectivity index (χ3n) is 4.42. The first-order chi connectivity index (χ1) is 12.0. The third kappa shape index (κ3) is 4.57. The molecule has 3 N–H and O–H groups in total. The van der Waals surface area contributed by atoms with Crippen LogP contribution >= 0.6 is 11.6 Å². The van der Waals surface area contributed by atoms with E-state index in [9.17, 15) is 14.4 Å². The molecular formula is C17H19ClN4O3. The van der Waals surface area contributed by atoms with Crippen molar-refractivity contribution < 1.29 is 14.4 Å². The first-order valence-corrected chi connectivity index (χ1v) is 8.62. The predicted octanol–water partition coefficient (Wildman–Crippen LogP) is 1.83. The molecule has 0 saturated heterocycles. The minimum absolute atomic E-state index is 0.0543. The van der Waals surface area contributed by atoms with Gasteiger partial charge in [0.15, 0.2) is 0 Å². The van der Waals surface area contributed by atoms with Crippen LogP contribution in [-0.4, -0.2) is 29.5 Å². The Balaban J connectivity index is 1.49. The van der Waals surface area contributed by atoms with Gasteiger partial charge in [-0.2, -0.15) is 5.10 Å². The molecule has 7 nitrogen and oxygen atoms in total. The third-order valence-corrected chi connectivity index (χ3v) is 4.67. The molecular weight excluding hydrogens is 344 g/mol. The van der Waals surface area contributed by atoms with Crippen LogP contribution in [-0.2, 0) is 14.4 Å². The van der Waals surface area contributed by atoms with Crippen LogP contribution in [0.15, 0.2) is 29.4 Å². The molecule has 0 radical (unpaired) electrons. The van der Waals surface area contributed by atoms with Crippen molar-refractivity contribution >= 4 is 40.7 Å². The zero-order valence-corrected chi connectivity index (χ0v) is 14.3. The van der Waals surface area contributed by atoms with Gasteiger partial charge < -0.3 is 10.6 Å². The van der Waals surface area contributed by atoms with Crippen LogP contribution in [0.5, 0.6) is 0 Å². The van der Waals surface area contributed by atoms with Crippen LogP contribution in [0.1, 0.15) is 32.1 Å². The molecule has 0 bridgehead atoms. The summed E-state index contributed by atoms with van der Waals surface area (Å²) in [6, 6.07) is 6.89. The Hall–Kier alpha value is -2.41. The predicted molar refractivity (Wildman–Crippen MR) is 94.2 cm³/mol. The molecule has 1 aromatic rings. The molecule has 1 heterocycles. The topological polar surface area (TPSA) is 99.7 Å². The number of hydrazone groups is 1. The second kappa shape index (κ2) is 7.65. The van der Waals surface area contributed by atoms with Crippen LogP contribution in [0.3, 0.4) is 0 Å². The van der Waals surface area contributed by atoms with E-state index in [2.05, 4.69) is 21.2 Å². The SMILES string of the molecule is O=C1CCC(C(=O)N[C@H]2CC[C@@H](C(=O)Nc3ccc(Cl)cc3)C2)=NN1. The summed E-state index contributed by atoms with van der Waals surface area (Å²) in [5, 5.41) is 10.2. The fraction of sp³-hybridized carbons (Fsp3) is 0.412. The van der Waals surface area contributed by atoms with Gasteiger partial charge in [-0.1, -0.05) is 11.6 Å². The lowest BCUT2D eigenvalue weighted by Gasteiger charge is -2.16. The molecule has 1 aliphatic carbocycles. The lowest BCUT2D eigenvalue weighted by atomic mass is 10.1. The average Bonchev–Trinajstić information content (AvgIpc) is 3.06. The monoisotopic (exact) mass is 362 g/mol. The minimum atomic E-state index is -0.274. The van der Waals surface area contributed by atoms with E-state index in [4.69, 9.17) is 11.6 Å². The van der Waals surface area contributed by atoms with Crippen molar-refractivity contribution in [1.29, 1.82) is 0 Å². The first kappa shape index (κ1) is 17.4. The summed E-state index contributed by atoms with van der Waals surface area (Å²) in [7, 11) is 0. The molecule has 132 valence electrons. The Labute approximate surface area is 150 Å². The second-order valence-corrected chi connectivity index (χ2v) is 6.71. The average molecular weight is 363 g/mol. The van der Waals surface area contributed by atoms with Crippen LogP contribution < -0.4 is 16.1 Å². The van der Waals surface area contributed by atoms with Gasteiger partial charge in [0.25, 0.3) is 5.91 Å². The molecule has 1 saturated carbocycles. The highest BCUT2D eigenvalue weighted by molar-refractivity contribution is 6.39. The summed E-state index contributed by atoms with van der Waals surface area (Å²) in [5.41, 5.74) is 3.34. The molecule has 1 aromatic carbocycles. The van der Waals surface area contributed by atoms with E-state index in [0.29, 0.717) is 35.7 Å². The van der Waals surface area contributed by atoms with Gasteiger partial charge in [-0.05, 0) is 43.5 Å². The number of benzene rings is 1. The molecule has 25 heavy (non-hydrogen) atoms. The van der Waals surface area contributed by atoms with Gasteiger partial charge >= 0.3 is 0 Å². The normalized spacial score (nSPS) is 22.8. The van der Waals surface area contributed by atoms with E-state index in [1.165, 1.54) is 0 Å². The highest BCUT2D eigenvalue weighted by Gasteiger charge is 2.32. The van der Waals surface area contributed by atoms with Gasteiger partial charge in [0.1, 0.15) is 5.71 Å². The van der Waals surface area contributed by atoms with Crippen LogP contribution in [0, 0.1) is 5.92 Å². The van der Waals surface area contributed by atoms with Gasteiger partial charge in [0.2, 0.25) is 11.8 Å². The quantitative estimate of drug-likeness (QED) is 0.761. The maximum Gasteiger partial charge on any atom is 0.267 e. The summed E-state index contributed by atoms with van der Waals surface area (Å²) in [6.45, 7) is 0. The Morgan fingerprint density at radius 2 is 1.92 bits per heavy atom. The molecule has 3 amide bonds. The molecule has 3 rings (SSSR count). The number of carbonyl (C=O) groups excluding carboxylic acids is 3. The number of hydrogen-bond donors (Lipinski definition) is 3. The number of anilines is 1. The van der Waals surface area contributed by atoms with E-state index in [-0.39, 0.29) is 36.1 Å². The van der Waals surface area contributed by atoms with Crippen molar-refractivity contribution in [2.75, 3.05) is 5.32 Å². The van der Waals surface area contributed by atoms with E-state index in [1.807, 2.05) is 0 Å². The summed E-state index contributed by atoms with van der Waals surface area (Å²) in [5.74, 6) is -0.657. The Morgan fingerprint density at radius 1 is 1.16 bits per heavy atom. The number of hydrogen-bond acceptors (Lipinski definition) is 4. The molecule has 1 fully saturated rings. The Bertz CT molecular complexity index is 717. The summed E-state index contributed by atoms with van der Waals surface area (Å²) in [4.78, 5) is 35.6. The molecule has 0 aromatic heterocycles. The highest BCUT2D eigenvalue weighted by Crippen LogP contribution is 2.27. The smallest absolute Gasteiger partial charge is 0.267 e. The maximum atomic E-state index is 12.3. The number of halogens is 1. The van der Waals surface area contributed by atoms with Crippen LogP contribution in [0.2, 0.25) is 5.02 Å². The molecule has 2 atom stereocenters. The number of nitrogens with one attached hydrogen (secondary N) is 3. The van der Waals surface area contributed by atoms with Crippen molar-refractivity contribution in [3.05, 3.63) is 29.3 Å². The largest absolute Gasteiger partial charge is 0.348 e. The summed E-state index contributed by atoms with van der Waals surface area (Å²) >= 11 is 5.83. The lowest BCUT2D eigenvalue weighted by Crippen LogP contribution is -2.41. The van der Waals surface area contributed by atoms with Gasteiger partial charge in [-0.15, -0.1) is 0 Å². The zero-order chi connectivity index (χ0) is 17.8. The highest BCUT2D eigenvalue weighted by atomic mass is 35.5. The van der Waals surface area contributed by atoms with Gasteiger partial charge in [-0.25, -0.2) is 5.43 Å². The van der Waals surface area contributed by atoms with Crippen LogP contribution in [0.25, 0.3) is 0 Å². The number of rotatable bonds is 4. The van der Waals surface area contributed by atoms with Crippen molar-refractivity contribution in [3.63, 3.8) is 0 Å². The van der Waals surface area contributed by atoms with Crippen LogP contribution in [0.4, 0.5) is 5.69 Å². The van der Waals surface area contributed by atoms with E-state index >= 15 is 0 Å². The molecule has 0 unspecified atom stereocenters. The van der Waals surface area contributed by atoms with Crippen molar-refractivity contribution in [2.24, 2.45) is 11.0 Å². The fourth-order valence-electron chi connectivity index (χ4n) is 3.03. The van der Waals surface area contributed by atoms with Crippen molar-refractivity contribution in [3.8, 4) is 0 Å². The van der Waals surface area contributed by atoms with Crippen molar-refractivity contribution in [1.82, 2.24) is 10.7 Å². The van der Waals surface area contributed by atoms with Gasteiger partial charge in [0.05, 0.1) is 0 Å². The second-order valence-electron chi connectivity index (χ2n) is 6.27. The fourth-order valence-corrected chi connectivity index (χ4v) is 3.16. The summed E-state index contributed by atoms with van der Waals surface area (Å²) in [6.07, 6.45) is 2.65. The number of nitrogens with zero attached hydrogens (tertiary/aromatic N) is 1. The molecule has 0 spiro atoms. The minimum Gasteiger partial charge on any atom is -0.348 e. The Morgan fingerprint density at radius 3 is 2.60 bits per heavy atom. The standard InChI is InChI=1S/C17H19ClN4O3/c18-11-2-5-12(6-3-11)19-16(24)10-1-4-13(9-10)20-17(25)14-7-8-15(23)22-21-14/h2-3,5-6,10,13H,1,4,7-9H2,(H,19,24)(H,20,25)(H,22,23)/t10-,13+/m1/s1.